The van der Waals surface area contributed by atoms with Gasteiger partial charge in [-0.05, 0) is 62.2 Å². The Morgan fingerprint density at radius 2 is 1.05 bits per heavy atom. The number of hydrogen-bond donors (Lipinski definition) is 0. The molecule has 0 fully saturated rings. The minimum atomic E-state index is 0.00387. The molecule has 0 saturated carbocycles. The second-order valence-corrected chi connectivity index (χ2v) is 13.1. The van der Waals surface area contributed by atoms with E-state index < -0.39 is 0 Å². The number of unbranched alkanes of at least 4 members (excludes halogenated alkanes) is 7. The minimum Gasteiger partial charge on any atom is -0.466 e. The van der Waals surface area contributed by atoms with Crippen molar-refractivity contribution in [1.82, 2.24) is 0 Å². The van der Waals surface area contributed by atoms with E-state index in [1.54, 1.807) is 0 Å². The number of carbonyl (C=O) groups excluding carboxylic acids is 1. The van der Waals surface area contributed by atoms with Crippen molar-refractivity contribution in [1.29, 1.82) is 0 Å². The predicted molar refractivity (Wildman–Crippen MR) is 174 cm³/mol. The lowest BCUT2D eigenvalue weighted by Gasteiger charge is -2.16. The zero-order chi connectivity index (χ0) is 29.0. The van der Waals surface area contributed by atoms with Crippen molar-refractivity contribution in [3.63, 3.8) is 0 Å². The molecule has 0 saturated heterocycles. The summed E-state index contributed by atoms with van der Waals surface area (Å²) in [6.45, 7) is 14.7. The van der Waals surface area contributed by atoms with Gasteiger partial charge >= 0.3 is 5.97 Å². The summed E-state index contributed by atoms with van der Waals surface area (Å²) in [6.07, 6.45) is 35.0. The molecule has 230 valence electrons. The minimum absolute atomic E-state index is 0.00387. The number of allylic oxidation sites excluding steroid dienone is 4. The van der Waals surface area contributed by atoms with Gasteiger partial charge < -0.3 is 4.74 Å². The summed E-state index contributed by atoms with van der Waals surface area (Å²) in [7, 11) is 0. The highest BCUT2D eigenvalue weighted by atomic mass is 16.5. The summed E-state index contributed by atoms with van der Waals surface area (Å²) in [5, 5.41) is 0. The van der Waals surface area contributed by atoms with E-state index >= 15 is 0 Å². The summed E-state index contributed by atoms with van der Waals surface area (Å²) in [5.41, 5.74) is 0. The zero-order valence-electron chi connectivity index (χ0n) is 27.5. The molecule has 3 unspecified atom stereocenters. The first-order valence-corrected chi connectivity index (χ1v) is 17.3. The van der Waals surface area contributed by atoms with Crippen LogP contribution in [0.4, 0.5) is 0 Å². The maximum atomic E-state index is 12.0. The highest BCUT2D eigenvalue weighted by molar-refractivity contribution is 5.69. The molecular formula is C37H70O2. The van der Waals surface area contributed by atoms with Crippen LogP contribution in [0.25, 0.3) is 0 Å². The molecule has 0 aromatic rings. The molecule has 3 atom stereocenters. The van der Waals surface area contributed by atoms with Gasteiger partial charge in [0.25, 0.3) is 0 Å². The highest BCUT2D eigenvalue weighted by Gasteiger charge is 2.09. The third-order valence-electron chi connectivity index (χ3n) is 8.22. The molecule has 39 heavy (non-hydrogen) atoms. The lowest BCUT2D eigenvalue weighted by molar-refractivity contribution is -0.144. The van der Waals surface area contributed by atoms with Crippen LogP contribution in [-0.2, 0) is 9.53 Å². The maximum Gasteiger partial charge on any atom is 0.305 e. The molecule has 2 nitrogen and oxygen atoms in total. The molecule has 0 rings (SSSR count). The molecule has 0 N–H and O–H groups in total. The second kappa shape index (κ2) is 28.5. The van der Waals surface area contributed by atoms with Crippen molar-refractivity contribution in [2.75, 3.05) is 6.61 Å². The van der Waals surface area contributed by atoms with Gasteiger partial charge in [0.15, 0.2) is 0 Å². The summed E-state index contributed by atoms with van der Waals surface area (Å²) in [4.78, 5) is 12.0. The Kier molecular flexibility index (Phi) is 27.7. The summed E-state index contributed by atoms with van der Waals surface area (Å²) >= 11 is 0. The molecule has 0 amide bonds. The first-order chi connectivity index (χ1) is 18.8. The van der Waals surface area contributed by atoms with E-state index in [9.17, 15) is 4.79 Å². The Labute approximate surface area is 246 Å². The first kappa shape index (κ1) is 38.0. The van der Waals surface area contributed by atoms with Crippen molar-refractivity contribution in [2.24, 2.45) is 23.7 Å². The molecular weight excluding hydrogens is 476 g/mol. The summed E-state index contributed by atoms with van der Waals surface area (Å²) in [6, 6.07) is 0. The average Bonchev–Trinajstić information content (AvgIpc) is 2.88. The fourth-order valence-electron chi connectivity index (χ4n) is 5.27. The van der Waals surface area contributed by atoms with Crippen LogP contribution >= 0.6 is 0 Å². The normalized spacial score (nSPS) is 14.4. The summed E-state index contributed by atoms with van der Waals surface area (Å²) in [5.74, 6) is 3.24. The molecule has 0 aliphatic heterocycles. The smallest absolute Gasteiger partial charge is 0.305 e. The summed E-state index contributed by atoms with van der Waals surface area (Å²) < 4.78 is 5.52. The Morgan fingerprint density at radius 1 is 0.564 bits per heavy atom. The number of esters is 1. The molecule has 0 aromatic heterocycles. The van der Waals surface area contributed by atoms with Gasteiger partial charge in [-0.2, -0.15) is 0 Å². The molecule has 0 bridgehead atoms. The zero-order valence-corrected chi connectivity index (χ0v) is 27.5. The molecule has 0 aliphatic carbocycles. The van der Waals surface area contributed by atoms with E-state index in [-0.39, 0.29) is 5.97 Å². The van der Waals surface area contributed by atoms with Gasteiger partial charge in [0.1, 0.15) is 0 Å². The fraction of sp³-hybridized carbons (Fsp3) is 0.865. The Bertz CT molecular complexity index is 576. The highest BCUT2D eigenvalue weighted by Crippen LogP contribution is 2.22. The van der Waals surface area contributed by atoms with Crippen molar-refractivity contribution < 1.29 is 9.53 Å². The van der Waals surface area contributed by atoms with Crippen LogP contribution in [0.3, 0.4) is 0 Å². The van der Waals surface area contributed by atoms with Gasteiger partial charge in [-0.15, -0.1) is 0 Å². The van der Waals surface area contributed by atoms with Crippen LogP contribution < -0.4 is 0 Å². The van der Waals surface area contributed by atoms with Crippen LogP contribution in [0.5, 0.6) is 0 Å². The Hall–Kier alpha value is -1.05. The average molecular weight is 547 g/mol. The molecule has 2 heteroatoms. The van der Waals surface area contributed by atoms with Gasteiger partial charge in [-0.1, -0.05) is 156 Å². The van der Waals surface area contributed by atoms with E-state index in [2.05, 4.69) is 65.8 Å². The standard InChI is InChI=1S/C37H70O2/c1-7-8-9-10-11-12-13-14-15-16-17-18-19-20-30-37(38)39-32-31-36(6)29-23-28-35(5)27-22-26-34(4)25-21-24-33(2)3/h10-11,13-14,33-36H,7-9,12,15-32H2,1-6H3/b11-10+,14-13+. The largest absolute Gasteiger partial charge is 0.466 e. The van der Waals surface area contributed by atoms with Crippen LogP contribution in [0, 0.1) is 23.7 Å². The van der Waals surface area contributed by atoms with E-state index in [1.165, 1.54) is 103 Å². The van der Waals surface area contributed by atoms with E-state index in [0.717, 1.165) is 43.4 Å². The quantitative estimate of drug-likeness (QED) is 0.0554. The van der Waals surface area contributed by atoms with Crippen molar-refractivity contribution in [3.8, 4) is 0 Å². The second-order valence-electron chi connectivity index (χ2n) is 13.1. The number of carbonyl (C=O) groups is 1. The molecule has 0 radical (unpaired) electrons. The monoisotopic (exact) mass is 547 g/mol. The van der Waals surface area contributed by atoms with Crippen LogP contribution in [0.15, 0.2) is 24.3 Å². The van der Waals surface area contributed by atoms with Crippen LogP contribution in [0.2, 0.25) is 0 Å². The number of rotatable bonds is 28. The topological polar surface area (TPSA) is 26.3 Å². The molecule has 0 spiro atoms. The van der Waals surface area contributed by atoms with E-state index in [1.807, 2.05) is 0 Å². The third kappa shape index (κ3) is 29.8. The SMILES string of the molecule is CCCC/C=C/C/C=C/CCCCCCCC(=O)OCCC(C)CCCC(C)CCCC(C)CCCC(C)C. The lowest BCUT2D eigenvalue weighted by Crippen LogP contribution is -2.09. The van der Waals surface area contributed by atoms with Crippen LogP contribution in [-0.4, -0.2) is 12.6 Å². The van der Waals surface area contributed by atoms with Crippen molar-refractivity contribution >= 4 is 5.97 Å². The molecule has 0 aliphatic rings. The molecule has 0 aromatic carbocycles. The van der Waals surface area contributed by atoms with E-state index in [4.69, 9.17) is 4.74 Å². The number of ether oxygens (including phenoxy) is 1. The first-order valence-electron chi connectivity index (χ1n) is 17.3. The van der Waals surface area contributed by atoms with Gasteiger partial charge in [-0.3, -0.25) is 4.79 Å². The van der Waals surface area contributed by atoms with Gasteiger partial charge in [-0.25, -0.2) is 0 Å². The number of hydrogen-bond acceptors (Lipinski definition) is 2. The van der Waals surface area contributed by atoms with E-state index in [0.29, 0.717) is 18.9 Å². The molecule has 0 heterocycles. The van der Waals surface area contributed by atoms with Gasteiger partial charge in [0.05, 0.1) is 6.61 Å². The van der Waals surface area contributed by atoms with Crippen molar-refractivity contribution in [2.45, 2.75) is 176 Å². The van der Waals surface area contributed by atoms with Gasteiger partial charge in [0, 0.05) is 6.42 Å². The Balaban J connectivity index is 3.53. The fourth-order valence-corrected chi connectivity index (χ4v) is 5.27. The van der Waals surface area contributed by atoms with Gasteiger partial charge in [0.2, 0.25) is 0 Å². The predicted octanol–water partition coefficient (Wildman–Crippen LogP) is 12.4. The van der Waals surface area contributed by atoms with Crippen molar-refractivity contribution in [3.05, 3.63) is 24.3 Å². The third-order valence-corrected chi connectivity index (χ3v) is 8.22. The lowest BCUT2D eigenvalue weighted by atomic mass is 9.91. The Morgan fingerprint density at radius 3 is 1.62 bits per heavy atom. The van der Waals surface area contributed by atoms with Crippen LogP contribution in [0.1, 0.15) is 176 Å². The maximum absolute atomic E-state index is 12.0.